The van der Waals surface area contributed by atoms with E-state index in [1.165, 1.54) is 6.08 Å². The summed E-state index contributed by atoms with van der Waals surface area (Å²) in [6.07, 6.45) is 6.11. The number of carbonyl (C=O) groups is 1. The summed E-state index contributed by atoms with van der Waals surface area (Å²) >= 11 is 0. The van der Waals surface area contributed by atoms with Crippen LogP contribution in [0.2, 0.25) is 0 Å². The number of unbranched alkanes of at least 4 members (excludes halogenated alkanes) is 1. The van der Waals surface area contributed by atoms with Crippen LogP contribution in [0.1, 0.15) is 38.7 Å². The van der Waals surface area contributed by atoms with E-state index in [0.717, 1.165) is 24.8 Å². The number of rotatable bonds is 6. The first-order valence-corrected chi connectivity index (χ1v) is 6.29. The van der Waals surface area contributed by atoms with Crippen LogP contribution in [0.3, 0.4) is 0 Å². The Labute approximate surface area is 108 Å². The Balaban J connectivity index is 2.41. The number of hydrogen-bond acceptors (Lipinski definition) is 3. The summed E-state index contributed by atoms with van der Waals surface area (Å²) in [5.41, 5.74) is 0.853. The Morgan fingerprint density at radius 1 is 1.39 bits per heavy atom. The van der Waals surface area contributed by atoms with Crippen LogP contribution in [0.4, 0.5) is 0 Å². The number of phenols is 1. The number of benzene rings is 1. The number of hydrogen-bond donors (Lipinski definition) is 1. The van der Waals surface area contributed by atoms with Crippen molar-refractivity contribution in [2.24, 2.45) is 0 Å². The molecular formula is C15H20O3. The summed E-state index contributed by atoms with van der Waals surface area (Å²) in [7, 11) is 0. The lowest BCUT2D eigenvalue weighted by Crippen LogP contribution is -2.12. The first-order chi connectivity index (χ1) is 8.61. The van der Waals surface area contributed by atoms with Gasteiger partial charge in [0.1, 0.15) is 5.75 Å². The zero-order valence-corrected chi connectivity index (χ0v) is 10.9. The quantitative estimate of drug-likeness (QED) is 0.619. The van der Waals surface area contributed by atoms with E-state index >= 15 is 0 Å². The monoisotopic (exact) mass is 248 g/mol. The Morgan fingerprint density at radius 3 is 2.67 bits per heavy atom. The van der Waals surface area contributed by atoms with Crippen LogP contribution in [0.15, 0.2) is 30.3 Å². The number of esters is 1. The fourth-order valence-corrected chi connectivity index (χ4v) is 1.54. The van der Waals surface area contributed by atoms with Gasteiger partial charge in [0.15, 0.2) is 0 Å². The summed E-state index contributed by atoms with van der Waals surface area (Å²) in [5, 5.41) is 9.12. The van der Waals surface area contributed by atoms with Crippen LogP contribution in [0.5, 0.6) is 5.75 Å². The third kappa shape index (κ3) is 5.53. The number of aromatic hydroxyl groups is 1. The van der Waals surface area contributed by atoms with E-state index in [9.17, 15) is 4.79 Å². The highest BCUT2D eigenvalue weighted by molar-refractivity contribution is 5.87. The van der Waals surface area contributed by atoms with Crippen LogP contribution in [0.25, 0.3) is 6.08 Å². The molecule has 98 valence electrons. The molecule has 1 atom stereocenters. The number of ether oxygens (including phenoxy) is 1. The zero-order chi connectivity index (χ0) is 13.4. The maximum Gasteiger partial charge on any atom is 0.331 e. The van der Waals surface area contributed by atoms with Gasteiger partial charge in [0.2, 0.25) is 0 Å². The molecule has 0 radical (unpaired) electrons. The predicted octanol–water partition coefficient (Wildman–Crippen LogP) is 3.53. The Kier molecular flexibility index (Phi) is 5.98. The van der Waals surface area contributed by atoms with E-state index < -0.39 is 0 Å². The highest BCUT2D eigenvalue weighted by atomic mass is 16.5. The largest absolute Gasteiger partial charge is 0.508 e. The summed E-state index contributed by atoms with van der Waals surface area (Å²) in [5.74, 6) is -0.116. The van der Waals surface area contributed by atoms with Gasteiger partial charge in [-0.2, -0.15) is 0 Å². The molecule has 1 rings (SSSR count). The van der Waals surface area contributed by atoms with E-state index in [1.54, 1.807) is 30.3 Å². The molecular weight excluding hydrogens is 228 g/mol. The molecule has 0 heterocycles. The second kappa shape index (κ2) is 7.54. The molecule has 3 heteroatoms. The molecule has 3 nitrogen and oxygen atoms in total. The van der Waals surface area contributed by atoms with E-state index in [2.05, 4.69) is 6.92 Å². The van der Waals surface area contributed by atoms with Crippen molar-refractivity contribution in [2.75, 3.05) is 0 Å². The second-order valence-electron chi connectivity index (χ2n) is 4.31. The minimum absolute atomic E-state index is 0.0399. The number of phenolic OH excluding ortho intramolecular Hbond substituents is 1. The van der Waals surface area contributed by atoms with Gasteiger partial charge in [-0.05, 0) is 37.1 Å². The highest BCUT2D eigenvalue weighted by Crippen LogP contribution is 2.11. The van der Waals surface area contributed by atoms with Crippen molar-refractivity contribution >= 4 is 12.0 Å². The maximum absolute atomic E-state index is 11.5. The second-order valence-corrected chi connectivity index (χ2v) is 4.31. The molecule has 1 aromatic carbocycles. The fraction of sp³-hybridized carbons (Fsp3) is 0.400. The zero-order valence-electron chi connectivity index (χ0n) is 10.9. The lowest BCUT2D eigenvalue weighted by Gasteiger charge is -2.10. The molecule has 0 saturated carbocycles. The molecule has 18 heavy (non-hydrogen) atoms. The third-order valence-corrected chi connectivity index (χ3v) is 2.59. The summed E-state index contributed by atoms with van der Waals surface area (Å²) < 4.78 is 5.22. The van der Waals surface area contributed by atoms with Gasteiger partial charge in [-0.15, -0.1) is 0 Å². The molecule has 0 aromatic heterocycles. The van der Waals surface area contributed by atoms with Crippen LogP contribution in [-0.4, -0.2) is 17.2 Å². The van der Waals surface area contributed by atoms with Crippen LogP contribution in [0, 0.1) is 0 Å². The van der Waals surface area contributed by atoms with Gasteiger partial charge in [-0.3, -0.25) is 0 Å². The van der Waals surface area contributed by atoms with Gasteiger partial charge in [-0.25, -0.2) is 4.79 Å². The van der Waals surface area contributed by atoms with Gasteiger partial charge in [0.05, 0.1) is 6.10 Å². The van der Waals surface area contributed by atoms with Crippen molar-refractivity contribution < 1.29 is 14.6 Å². The van der Waals surface area contributed by atoms with Gasteiger partial charge in [0.25, 0.3) is 0 Å². The van der Waals surface area contributed by atoms with Crippen LogP contribution in [-0.2, 0) is 9.53 Å². The topological polar surface area (TPSA) is 46.5 Å². The Bertz CT molecular complexity index is 393. The Hall–Kier alpha value is -1.77. The van der Waals surface area contributed by atoms with E-state index in [4.69, 9.17) is 9.84 Å². The molecule has 0 aliphatic heterocycles. The van der Waals surface area contributed by atoms with Crippen molar-refractivity contribution in [1.29, 1.82) is 0 Å². The van der Waals surface area contributed by atoms with E-state index in [0.29, 0.717) is 0 Å². The predicted molar refractivity (Wildman–Crippen MR) is 72.2 cm³/mol. The van der Waals surface area contributed by atoms with Crippen molar-refractivity contribution in [3.8, 4) is 5.75 Å². The molecule has 0 bridgehead atoms. The third-order valence-electron chi connectivity index (χ3n) is 2.59. The van der Waals surface area contributed by atoms with Crippen molar-refractivity contribution in [1.82, 2.24) is 0 Å². The van der Waals surface area contributed by atoms with Crippen molar-refractivity contribution in [3.05, 3.63) is 35.9 Å². The van der Waals surface area contributed by atoms with Crippen molar-refractivity contribution in [2.45, 2.75) is 39.2 Å². The highest BCUT2D eigenvalue weighted by Gasteiger charge is 2.05. The first kappa shape index (κ1) is 14.3. The molecule has 0 fully saturated rings. The SMILES string of the molecule is CCCCC(C)OC(=O)C=Cc1ccc(O)cc1. The molecule has 0 amide bonds. The molecule has 0 aliphatic carbocycles. The fourth-order valence-electron chi connectivity index (χ4n) is 1.54. The van der Waals surface area contributed by atoms with Crippen molar-refractivity contribution in [3.63, 3.8) is 0 Å². The minimum Gasteiger partial charge on any atom is -0.508 e. The van der Waals surface area contributed by atoms with Gasteiger partial charge >= 0.3 is 5.97 Å². The molecule has 1 unspecified atom stereocenters. The minimum atomic E-state index is -0.327. The summed E-state index contributed by atoms with van der Waals surface area (Å²) in [4.78, 5) is 11.5. The summed E-state index contributed by atoms with van der Waals surface area (Å²) in [6.45, 7) is 4.02. The molecule has 0 aliphatic rings. The number of carbonyl (C=O) groups excluding carboxylic acids is 1. The summed E-state index contributed by atoms with van der Waals surface area (Å²) in [6, 6.07) is 6.63. The average molecular weight is 248 g/mol. The van der Waals surface area contributed by atoms with Gasteiger partial charge in [0, 0.05) is 6.08 Å². The maximum atomic E-state index is 11.5. The van der Waals surface area contributed by atoms with Gasteiger partial charge < -0.3 is 9.84 Å². The van der Waals surface area contributed by atoms with Crippen LogP contribution >= 0.6 is 0 Å². The van der Waals surface area contributed by atoms with Gasteiger partial charge in [-0.1, -0.05) is 31.9 Å². The first-order valence-electron chi connectivity index (χ1n) is 6.29. The molecule has 1 N–H and O–H groups in total. The lowest BCUT2D eigenvalue weighted by molar-refractivity contribution is -0.142. The molecule has 0 saturated heterocycles. The molecule has 0 spiro atoms. The normalized spacial score (nSPS) is 12.6. The molecule has 1 aromatic rings. The van der Waals surface area contributed by atoms with E-state index in [-0.39, 0.29) is 17.8 Å². The standard InChI is InChI=1S/C15H20O3/c1-3-4-5-12(2)18-15(17)11-8-13-6-9-14(16)10-7-13/h6-12,16H,3-5H2,1-2H3. The van der Waals surface area contributed by atoms with Crippen LogP contribution < -0.4 is 0 Å². The smallest absolute Gasteiger partial charge is 0.331 e. The van der Waals surface area contributed by atoms with E-state index in [1.807, 2.05) is 6.92 Å². The Morgan fingerprint density at radius 2 is 2.06 bits per heavy atom. The lowest BCUT2D eigenvalue weighted by atomic mass is 10.2. The average Bonchev–Trinajstić information content (AvgIpc) is 2.35.